The number of aryl methyl sites for hydroxylation is 2. The molecule has 0 aromatic carbocycles. The van der Waals surface area contributed by atoms with E-state index in [9.17, 15) is 0 Å². The lowest BCUT2D eigenvalue weighted by Gasteiger charge is -2.03. The van der Waals surface area contributed by atoms with E-state index in [4.69, 9.17) is 0 Å². The highest BCUT2D eigenvalue weighted by atomic mass is 79.9. The van der Waals surface area contributed by atoms with Crippen LogP contribution in [0.4, 0.5) is 5.82 Å². The van der Waals surface area contributed by atoms with E-state index in [1.54, 1.807) is 6.20 Å². The molecule has 0 bridgehead atoms. The predicted octanol–water partition coefficient (Wildman–Crippen LogP) is 2.01. The number of anilines is 1. The average Bonchev–Trinajstić information content (AvgIpc) is 2.82. The van der Waals surface area contributed by atoms with Crippen molar-refractivity contribution in [3.8, 4) is 0 Å². The summed E-state index contributed by atoms with van der Waals surface area (Å²) < 4.78 is 4.84. The van der Waals surface area contributed by atoms with Crippen LogP contribution in [0.3, 0.4) is 0 Å². The Labute approximate surface area is 103 Å². The Balaban J connectivity index is 2.04. The van der Waals surface area contributed by atoms with Gasteiger partial charge in [-0.05, 0) is 22.9 Å². The first-order chi connectivity index (χ1) is 7.70. The van der Waals surface area contributed by atoms with Gasteiger partial charge in [-0.2, -0.15) is 5.10 Å². The largest absolute Gasteiger partial charge is 0.360 e. The molecule has 0 aliphatic rings. The van der Waals surface area contributed by atoms with Crippen molar-refractivity contribution in [1.29, 1.82) is 0 Å². The predicted molar refractivity (Wildman–Crippen MR) is 66.1 cm³/mol. The lowest BCUT2D eigenvalue weighted by atomic mass is 10.5. The fourth-order valence-corrected chi connectivity index (χ4v) is 1.86. The van der Waals surface area contributed by atoms with E-state index in [-0.39, 0.29) is 0 Å². The van der Waals surface area contributed by atoms with E-state index in [1.165, 1.54) is 0 Å². The normalized spacial score (nSPS) is 10.7. The van der Waals surface area contributed by atoms with Crippen LogP contribution in [-0.2, 0) is 20.1 Å². The van der Waals surface area contributed by atoms with E-state index in [2.05, 4.69) is 38.3 Å². The van der Waals surface area contributed by atoms with Crippen molar-refractivity contribution >= 4 is 21.7 Å². The van der Waals surface area contributed by atoms with Gasteiger partial charge in [0.25, 0.3) is 0 Å². The molecule has 0 unspecified atom stereocenters. The summed E-state index contributed by atoms with van der Waals surface area (Å²) in [6.45, 7) is 3.59. The molecule has 2 rings (SSSR count). The number of hydrogen-bond donors (Lipinski definition) is 1. The van der Waals surface area contributed by atoms with Crippen molar-refractivity contribution in [3.63, 3.8) is 0 Å². The number of aromatic nitrogens is 4. The van der Waals surface area contributed by atoms with E-state index in [0.717, 1.165) is 22.7 Å². The Kier molecular flexibility index (Phi) is 3.28. The van der Waals surface area contributed by atoms with Crippen LogP contribution in [0.2, 0.25) is 0 Å². The zero-order valence-corrected chi connectivity index (χ0v) is 10.9. The second kappa shape index (κ2) is 4.69. The van der Waals surface area contributed by atoms with Crippen LogP contribution in [0.1, 0.15) is 12.7 Å². The number of nitrogens with zero attached hydrogens (tertiary/aromatic N) is 4. The highest BCUT2D eigenvalue weighted by Gasteiger charge is 2.06. The van der Waals surface area contributed by atoms with Gasteiger partial charge in [-0.15, -0.1) is 0 Å². The van der Waals surface area contributed by atoms with E-state index < -0.39 is 0 Å². The van der Waals surface area contributed by atoms with Gasteiger partial charge in [0.15, 0.2) is 5.82 Å². The zero-order valence-electron chi connectivity index (χ0n) is 9.31. The second-order valence-electron chi connectivity index (χ2n) is 3.49. The van der Waals surface area contributed by atoms with E-state index >= 15 is 0 Å². The Hall–Kier alpha value is -1.30. The summed E-state index contributed by atoms with van der Waals surface area (Å²) in [7, 11) is 1.98. The van der Waals surface area contributed by atoms with Crippen LogP contribution in [0.5, 0.6) is 0 Å². The fraction of sp³-hybridized carbons (Fsp3) is 0.400. The van der Waals surface area contributed by atoms with Crippen molar-refractivity contribution in [1.82, 2.24) is 19.3 Å². The summed E-state index contributed by atoms with van der Waals surface area (Å²) in [5.41, 5.74) is 0. The summed E-state index contributed by atoms with van der Waals surface area (Å²) >= 11 is 3.47. The first-order valence-corrected chi connectivity index (χ1v) is 5.93. The van der Waals surface area contributed by atoms with Gasteiger partial charge in [0.2, 0.25) is 0 Å². The molecule has 0 atom stereocenters. The van der Waals surface area contributed by atoms with Crippen molar-refractivity contribution in [2.75, 3.05) is 5.32 Å². The summed E-state index contributed by atoms with van der Waals surface area (Å²) in [6, 6.07) is 0. The lowest BCUT2D eigenvalue weighted by molar-refractivity contribution is 0.660. The monoisotopic (exact) mass is 283 g/mol. The smallest absolute Gasteiger partial charge is 0.162 e. The van der Waals surface area contributed by atoms with Gasteiger partial charge in [-0.25, -0.2) is 4.98 Å². The molecular weight excluding hydrogens is 270 g/mol. The molecule has 5 nitrogen and oxygen atoms in total. The van der Waals surface area contributed by atoms with Gasteiger partial charge >= 0.3 is 0 Å². The third kappa shape index (κ3) is 2.27. The first kappa shape index (κ1) is 11.2. The number of nitrogens with one attached hydrogen (secondary N) is 1. The van der Waals surface area contributed by atoms with Gasteiger partial charge in [0.1, 0.15) is 5.82 Å². The van der Waals surface area contributed by atoms with Crippen molar-refractivity contribution in [2.45, 2.75) is 20.0 Å². The molecule has 1 N–H and O–H groups in total. The first-order valence-electron chi connectivity index (χ1n) is 5.13. The topological polar surface area (TPSA) is 47.7 Å². The minimum atomic E-state index is 0.669. The minimum absolute atomic E-state index is 0.669. The Morgan fingerprint density at radius 2 is 2.31 bits per heavy atom. The second-order valence-corrected chi connectivity index (χ2v) is 4.34. The van der Waals surface area contributed by atoms with Gasteiger partial charge in [0, 0.05) is 32.2 Å². The number of rotatable bonds is 4. The summed E-state index contributed by atoms with van der Waals surface area (Å²) in [6.07, 6.45) is 5.67. The standard InChI is InChI=1S/C10H14BrN5/c1-3-16-7-8(11)10(14-16)13-6-9-12-4-5-15(9)2/h4-5,7H,3,6H2,1-2H3,(H,13,14). The van der Waals surface area contributed by atoms with Gasteiger partial charge in [0.05, 0.1) is 11.0 Å². The molecule has 2 aromatic rings. The van der Waals surface area contributed by atoms with Crippen LogP contribution in [0.25, 0.3) is 0 Å². The molecule has 0 spiro atoms. The Morgan fingerprint density at radius 3 is 2.88 bits per heavy atom. The highest BCUT2D eigenvalue weighted by molar-refractivity contribution is 9.10. The fourth-order valence-electron chi connectivity index (χ4n) is 1.41. The SMILES string of the molecule is CCn1cc(Br)c(NCc2nccn2C)n1. The maximum atomic E-state index is 4.38. The van der Waals surface area contributed by atoms with Crippen LogP contribution >= 0.6 is 15.9 Å². The molecule has 0 saturated carbocycles. The molecule has 0 saturated heterocycles. The van der Waals surface area contributed by atoms with Crippen LogP contribution in [0, 0.1) is 0 Å². The molecule has 2 heterocycles. The molecule has 2 aromatic heterocycles. The van der Waals surface area contributed by atoms with Gasteiger partial charge < -0.3 is 9.88 Å². The summed E-state index contributed by atoms with van der Waals surface area (Å²) in [5.74, 6) is 1.84. The van der Waals surface area contributed by atoms with Crippen LogP contribution in [-0.4, -0.2) is 19.3 Å². The van der Waals surface area contributed by atoms with Crippen LogP contribution in [0.15, 0.2) is 23.1 Å². The van der Waals surface area contributed by atoms with Crippen molar-refractivity contribution < 1.29 is 0 Å². The third-order valence-electron chi connectivity index (χ3n) is 2.38. The van der Waals surface area contributed by atoms with Gasteiger partial charge in [-0.3, -0.25) is 4.68 Å². The van der Waals surface area contributed by atoms with E-state index in [1.807, 2.05) is 28.7 Å². The quantitative estimate of drug-likeness (QED) is 0.934. The Bertz CT molecular complexity index is 473. The molecule has 6 heteroatoms. The molecule has 86 valence electrons. The summed E-state index contributed by atoms with van der Waals surface area (Å²) in [4.78, 5) is 4.24. The maximum Gasteiger partial charge on any atom is 0.162 e. The zero-order chi connectivity index (χ0) is 11.5. The molecule has 0 fully saturated rings. The summed E-state index contributed by atoms with van der Waals surface area (Å²) in [5, 5.41) is 7.63. The van der Waals surface area contributed by atoms with Crippen LogP contribution < -0.4 is 5.32 Å². The number of hydrogen-bond acceptors (Lipinski definition) is 3. The van der Waals surface area contributed by atoms with Gasteiger partial charge in [-0.1, -0.05) is 0 Å². The van der Waals surface area contributed by atoms with Crippen molar-refractivity contribution in [3.05, 3.63) is 28.9 Å². The van der Waals surface area contributed by atoms with E-state index in [0.29, 0.717) is 6.54 Å². The molecule has 16 heavy (non-hydrogen) atoms. The maximum absolute atomic E-state index is 4.38. The average molecular weight is 284 g/mol. The number of imidazole rings is 1. The highest BCUT2D eigenvalue weighted by Crippen LogP contribution is 2.20. The third-order valence-corrected chi connectivity index (χ3v) is 2.96. The molecule has 0 radical (unpaired) electrons. The molecule has 0 aliphatic heterocycles. The number of halogens is 1. The lowest BCUT2D eigenvalue weighted by Crippen LogP contribution is -2.06. The Morgan fingerprint density at radius 1 is 1.50 bits per heavy atom. The molecule has 0 amide bonds. The molecular formula is C10H14BrN5. The minimum Gasteiger partial charge on any atom is -0.360 e. The van der Waals surface area contributed by atoms with Crippen molar-refractivity contribution in [2.24, 2.45) is 7.05 Å². The molecule has 0 aliphatic carbocycles.